The van der Waals surface area contributed by atoms with E-state index in [1.165, 1.54) is 6.07 Å². The van der Waals surface area contributed by atoms with E-state index in [1.54, 1.807) is 0 Å². The Morgan fingerprint density at radius 3 is 2.41 bits per heavy atom. The zero-order chi connectivity index (χ0) is 15.5. The van der Waals surface area contributed by atoms with E-state index >= 15 is 0 Å². The SMILES string of the molecule is CNCC1CCN(Cc2ccc(F)c(C(F)(F)F)c2)CC1.Cl. The van der Waals surface area contributed by atoms with Gasteiger partial charge in [-0.15, -0.1) is 12.4 Å². The van der Waals surface area contributed by atoms with Crippen LogP contribution >= 0.6 is 12.4 Å². The number of hydrogen-bond acceptors (Lipinski definition) is 2. The molecular weight excluding hydrogens is 320 g/mol. The second-order valence-electron chi connectivity index (χ2n) is 5.59. The molecule has 1 N–H and O–H groups in total. The number of likely N-dealkylation sites (tertiary alicyclic amines) is 1. The first kappa shape index (κ1) is 19.2. The highest BCUT2D eigenvalue weighted by Gasteiger charge is 2.34. The molecular formula is C15H21ClF4N2. The Balaban J connectivity index is 0.00000242. The Kier molecular flexibility index (Phi) is 7.09. The van der Waals surface area contributed by atoms with E-state index in [4.69, 9.17) is 0 Å². The number of halogens is 5. The van der Waals surface area contributed by atoms with Crippen LogP contribution in [0, 0.1) is 11.7 Å². The van der Waals surface area contributed by atoms with Crippen molar-refractivity contribution in [1.29, 1.82) is 0 Å². The van der Waals surface area contributed by atoms with Crippen molar-refractivity contribution in [2.24, 2.45) is 5.92 Å². The topological polar surface area (TPSA) is 15.3 Å². The molecule has 1 aliphatic rings. The predicted octanol–water partition coefficient (Wildman–Crippen LogP) is 3.70. The molecule has 1 saturated heterocycles. The first-order chi connectivity index (χ1) is 9.90. The fourth-order valence-electron chi connectivity index (χ4n) is 2.78. The molecule has 126 valence electrons. The third kappa shape index (κ3) is 5.11. The highest BCUT2D eigenvalue weighted by atomic mass is 35.5. The van der Waals surface area contributed by atoms with E-state index in [0.717, 1.165) is 44.6 Å². The van der Waals surface area contributed by atoms with Crippen LogP contribution in [-0.2, 0) is 12.7 Å². The van der Waals surface area contributed by atoms with E-state index in [1.807, 2.05) is 7.05 Å². The van der Waals surface area contributed by atoms with Gasteiger partial charge in [0.2, 0.25) is 0 Å². The van der Waals surface area contributed by atoms with Crippen molar-refractivity contribution in [2.45, 2.75) is 25.6 Å². The highest BCUT2D eigenvalue weighted by molar-refractivity contribution is 5.85. The minimum Gasteiger partial charge on any atom is -0.319 e. The average molecular weight is 341 g/mol. The van der Waals surface area contributed by atoms with Crippen molar-refractivity contribution in [3.8, 4) is 0 Å². The normalized spacial score (nSPS) is 17.3. The number of benzene rings is 1. The van der Waals surface area contributed by atoms with Gasteiger partial charge in [0, 0.05) is 6.54 Å². The lowest BCUT2D eigenvalue weighted by Crippen LogP contribution is -2.36. The third-order valence-electron chi connectivity index (χ3n) is 3.94. The van der Waals surface area contributed by atoms with Crippen LogP contribution < -0.4 is 5.32 Å². The molecule has 0 amide bonds. The lowest BCUT2D eigenvalue weighted by atomic mass is 9.96. The van der Waals surface area contributed by atoms with Gasteiger partial charge in [-0.2, -0.15) is 13.2 Å². The zero-order valence-electron chi connectivity index (χ0n) is 12.4. The standard InChI is InChI=1S/C15H20F4N2.ClH/c1-20-9-11-4-6-21(7-5-11)10-12-2-3-14(16)13(8-12)15(17,18)19;/h2-3,8,11,20H,4-7,9-10H2,1H3;1H. The number of alkyl halides is 3. The fourth-order valence-corrected chi connectivity index (χ4v) is 2.78. The van der Waals surface area contributed by atoms with Crippen LogP contribution in [0.2, 0.25) is 0 Å². The molecule has 2 nitrogen and oxygen atoms in total. The lowest BCUT2D eigenvalue weighted by Gasteiger charge is -2.32. The summed E-state index contributed by atoms with van der Waals surface area (Å²) in [6, 6.07) is 3.27. The summed E-state index contributed by atoms with van der Waals surface area (Å²) in [4.78, 5) is 2.12. The number of nitrogens with zero attached hydrogens (tertiary/aromatic N) is 1. The quantitative estimate of drug-likeness (QED) is 0.841. The summed E-state index contributed by atoms with van der Waals surface area (Å²) in [6.07, 6.45) is -2.57. The molecule has 1 aliphatic heterocycles. The van der Waals surface area contributed by atoms with Gasteiger partial charge in [-0.3, -0.25) is 4.90 Å². The second-order valence-corrected chi connectivity index (χ2v) is 5.59. The molecule has 1 heterocycles. The van der Waals surface area contributed by atoms with Crippen LogP contribution in [0.15, 0.2) is 18.2 Å². The van der Waals surface area contributed by atoms with E-state index < -0.39 is 17.6 Å². The Morgan fingerprint density at radius 2 is 1.86 bits per heavy atom. The minimum atomic E-state index is -4.64. The molecule has 0 aliphatic carbocycles. The molecule has 7 heteroatoms. The van der Waals surface area contributed by atoms with Crippen LogP contribution in [-0.4, -0.2) is 31.6 Å². The molecule has 1 aromatic carbocycles. The van der Waals surface area contributed by atoms with Crippen LogP contribution in [0.4, 0.5) is 17.6 Å². The third-order valence-corrected chi connectivity index (χ3v) is 3.94. The van der Waals surface area contributed by atoms with Gasteiger partial charge in [-0.1, -0.05) is 6.07 Å². The Hall–Kier alpha value is -0.850. The Morgan fingerprint density at radius 1 is 1.23 bits per heavy atom. The average Bonchev–Trinajstić information content (AvgIpc) is 2.42. The van der Waals surface area contributed by atoms with Crippen molar-refractivity contribution in [3.05, 3.63) is 35.1 Å². The summed E-state index contributed by atoms with van der Waals surface area (Å²) < 4.78 is 51.3. The second kappa shape index (κ2) is 8.13. The summed E-state index contributed by atoms with van der Waals surface area (Å²) >= 11 is 0. The number of rotatable bonds is 4. The summed E-state index contributed by atoms with van der Waals surface area (Å²) in [6.45, 7) is 3.15. The Labute approximate surface area is 134 Å². The molecule has 0 saturated carbocycles. The summed E-state index contributed by atoms with van der Waals surface area (Å²) in [5.74, 6) is -0.579. The van der Waals surface area contributed by atoms with Crippen molar-refractivity contribution < 1.29 is 17.6 Å². The molecule has 0 atom stereocenters. The minimum absolute atomic E-state index is 0. The molecule has 0 spiro atoms. The molecule has 0 unspecified atom stereocenters. The van der Waals surface area contributed by atoms with Gasteiger partial charge < -0.3 is 5.32 Å². The number of hydrogen-bond donors (Lipinski definition) is 1. The van der Waals surface area contributed by atoms with Crippen LogP contribution in [0.5, 0.6) is 0 Å². The molecule has 2 rings (SSSR count). The van der Waals surface area contributed by atoms with Gasteiger partial charge in [0.15, 0.2) is 0 Å². The maximum absolute atomic E-state index is 13.2. The van der Waals surface area contributed by atoms with Gasteiger partial charge in [0.05, 0.1) is 5.56 Å². The maximum atomic E-state index is 13.2. The van der Waals surface area contributed by atoms with Crippen molar-refractivity contribution >= 4 is 12.4 Å². The van der Waals surface area contributed by atoms with Gasteiger partial charge in [0.1, 0.15) is 5.82 Å². The van der Waals surface area contributed by atoms with Crippen molar-refractivity contribution in [1.82, 2.24) is 10.2 Å². The number of piperidine rings is 1. The molecule has 0 radical (unpaired) electrons. The molecule has 1 fully saturated rings. The predicted molar refractivity (Wildman–Crippen MR) is 80.6 cm³/mol. The molecule has 1 aromatic rings. The first-order valence-electron chi connectivity index (χ1n) is 7.12. The monoisotopic (exact) mass is 340 g/mol. The maximum Gasteiger partial charge on any atom is 0.419 e. The molecule has 0 bridgehead atoms. The van der Waals surface area contributed by atoms with Crippen molar-refractivity contribution in [2.75, 3.05) is 26.7 Å². The Bertz CT molecular complexity index is 471. The van der Waals surface area contributed by atoms with Crippen LogP contribution in [0.25, 0.3) is 0 Å². The van der Waals surface area contributed by atoms with E-state index in [9.17, 15) is 17.6 Å². The van der Waals surface area contributed by atoms with Crippen molar-refractivity contribution in [3.63, 3.8) is 0 Å². The smallest absolute Gasteiger partial charge is 0.319 e. The van der Waals surface area contributed by atoms with Gasteiger partial charge >= 0.3 is 6.18 Å². The molecule has 22 heavy (non-hydrogen) atoms. The van der Waals surface area contributed by atoms with Gasteiger partial charge in [-0.25, -0.2) is 4.39 Å². The largest absolute Gasteiger partial charge is 0.419 e. The number of nitrogens with one attached hydrogen (secondary N) is 1. The summed E-state index contributed by atoms with van der Waals surface area (Å²) in [5.41, 5.74) is -0.666. The fraction of sp³-hybridized carbons (Fsp3) is 0.600. The van der Waals surface area contributed by atoms with Gasteiger partial charge in [0.25, 0.3) is 0 Å². The first-order valence-corrected chi connectivity index (χ1v) is 7.12. The summed E-state index contributed by atoms with van der Waals surface area (Å²) in [5, 5.41) is 3.15. The molecule has 0 aromatic heterocycles. The van der Waals surface area contributed by atoms with Crippen LogP contribution in [0.1, 0.15) is 24.0 Å². The highest BCUT2D eigenvalue weighted by Crippen LogP contribution is 2.32. The van der Waals surface area contributed by atoms with E-state index in [0.29, 0.717) is 18.0 Å². The summed E-state index contributed by atoms with van der Waals surface area (Å²) in [7, 11) is 1.92. The zero-order valence-corrected chi connectivity index (χ0v) is 13.2. The van der Waals surface area contributed by atoms with Crippen LogP contribution in [0.3, 0.4) is 0 Å². The van der Waals surface area contributed by atoms with Gasteiger partial charge in [-0.05, 0) is 63.1 Å². The van der Waals surface area contributed by atoms with E-state index in [-0.39, 0.29) is 12.4 Å². The lowest BCUT2D eigenvalue weighted by molar-refractivity contribution is -0.140. The van der Waals surface area contributed by atoms with E-state index in [2.05, 4.69) is 10.2 Å².